The van der Waals surface area contributed by atoms with Gasteiger partial charge in [-0.2, -0.15) is 0 Å². The Kier molecular flexibility index (Phi) is 13.5. The predicted octanol–water partition coefficient (Wildman–Crippen LogP) is 4.32. The number of thioether (sulfide) groups is 1. The number of ether oxygens (including phenoxy) is 3. The van der Waals surface area contributed by atoms with Crippen LogP contribution in [-0.4, -0.2) is 111 Å². The Hall–Kier alpha value is -2.78. The standard InChI is InChI=1S/C39H49ClN2O9S/c40-32-9-8-28(52-19-3-16-42(22-25-11-17-49-18-12-25)38(48)37(47)36(46)35(45)33(44)23-43)20-26(32)24-50-39(13-14-39)31-21-41-15-10-29(31)30-4-1-2-5-34(30)51-27-6-7-27/h1-2,4-5,8-10,15,20-21,25,27,33,35-37,43-47H,3,6-7,11-14,16-19,22-24H2/t33-,35+,36-,37-/m0/s1. The molecule has 0 unspecified atom stereocenters. The molecule has 3 aliphatic rings. The highest BCUT2D eigenvalue weighted by Gasteiger charge is 2.48. The summed E-state index contributed by atoms with van der Waals surface area (Å²) in [6.45, 7) is 1.37. The van der Waals surface area contributed by atoms with Gasteiger partial charge in [-0.05, 0) is 98.1 Å². The minimum Gasteiger partial charge on any atom is -0.490 e. The van der Waals surface area contributed by atoms with Crippen LogP contribution in [0.1, 0.15) is 56.1 Å². The largest absolute Gasteiger partial charge is 0.490 e. The third kappa shape index (κ3) is 9.85. The van der Waals surface area contributed by atoms with E-state index in [4.69, 9.17) is 30.9 Å². The fourth-order valence-corrected chi connectivity index (χ4v) is 7.63. The molecular weight excluding hydrogens is 708 g/mol. The second-order valence-electron chi connectivity index (χ2n) is 14.0. The van der Waals surface area contributed by atoms with Crippen LogP contribution >= 0.6 is 23.4 Å². The first-order valence-electron chi connectivity index (χ1n) is 18.1. The molecule has 1 aliphatic heterocycles. The van der Waals surface area contributed by atoms with Crippen molar-refractivity contribution >= 4 is 29.3 Å². The molecule has 2 aliphatic carbocycles. The Morgan fingerprint density at radius 2 is 1.79 bits per heavy atom. The summed E-state index contributed by atoms with van der Waals surface area (Å²) in [6, 6.07) is 16.0. The van der Waals surface area contributed by atoms with E-state index in [0.29, 0.717) is 50.1 Å². The third-order valence-electron chi connectivity index (χ3n) is 10.0. The van der Waals surface area contributed by atoms with Crippen LogP contribution in [0.3, 0.4) is 0 Å². The number of aromatic nitrogens is 1. The number of pyridine rings is 1. The number of aliphatic hydroxyl groups is 5. The van der Waals surface area contributed by atoms with Gasteiger partial charge in [-0.1, -0.05) is 29.8 Å². The van der Waals surface area contributed by atoms with Gasteiger partial charge >= 0.3 is 0 Å². The van der Waals surface area contributed by atoms with E-state index < -0.39 is 42.5 Å². The summed E-state index contributed by atoms with van der Waals surface area (Å²) in [5.74, 6) is 0.978. The number of amides is 1. The fourth-order valence-electron chi connectivity index (χ4n) is 6.56. The maximum atomic E-state index is 13.3. The van der Waals surface area contributed by atoms with E-state index in [1.807, 2.05) is 48.7 Å². The van der Waals surface area contributed by atoms with Crippen LogP contribution in [0.5, 0.6) is 5.75 Å². The van der Waals surface area contributed by atoms with E-state index in [9.17, 15) is 25.2 Å². The van der Waals surface area contributed by atoms with Gasteiger partial charge in [-0.25, -0.2) is 0 Å². The lowest BCUT2D eigenvalue weighted by Gasteiger charge is -2.33. The average molecular weight is 757 g/mol. The van der Waals surface area contributed by atoms with Gasteiger partial charge in [0.05, 0.1) is 24.9 Å². The molecule has 0 bridgehead atoms. The molecule has 282 valence electrons. The summed E-state index contributed by atoms with van der Waals surface area (Å²) in [7, 11) is 0. The first kappa shape index (κ1) is 38.9. The number of hydrogen-bond acceptors (Lipinski definition) is 11. The zero-order valence-corrected chi connectivity index (χ0v) is 30.8. The molecule has 52 heavy (non-hydrogen) atoms. The van der Waals surface area contributed by atoms with Gasteiger partial charge in [0.25, 0.3) is 5.91 Å². The van der Waals surface area contributed by atoms with Crippen LogP contribution < -0.4 is 4.74 Å². The Bertz CT molecular complexity index is 1630. The number of hydrogen-bond donors (Lipinski definition) is 5. The van der Waals surface area contributed by atoms with Crippen molar-refractivity contribution in [2.24, 2.45) is 5.92 Å². The summed E-state index contributed by atoms with van der Waals surface area (Å²) < 4.78 is 18.4. The SMILES string of the molecule is O=C([C@@H](O)[C@@H](O)[C@H](O)[C@@H](O)CO)N(CCCSc1ccc(Cl)c(COC2(c3cnccc3-c3ccccc3OC3CC3)CC2)c1)CC1CCOCC1. The maximum Gasteiger partial charge on any atom is 0.254 e. The van der Waals surface area contributed by atoms with Crippen molar-refractivity contribution < 1.29 is 44.5 Å². The molecule has 3 fully saturated rings. The van der Waals surface area contributed by atoms with E-state index in [-0.39, 0.29) is 12.0 Å². The molecule has 6 rings (SSSR count). The van der Waals surface area contributed by atoms with Crippen LogP contribution in [0, 0.1) is 5.92 Å². The zero-order valence-electron chi connectivity index (χ0n) is 29.2. The number of carbonyl (C=O) groups excluding carboxylic acids is 1. The number of benzene rings is 2. The van der Waals surface area contributed by atoms with Crippen LogP contribution in [0.15, 0.2) is 65.8 Å². The van der Waals surface area contributed by atoms with Crippen molar-refractivity contribution in [3.05, 3.63) is 77.1 Å². The van der Waals surface area contributed by atoms with Crippen LogP contribution in [0.2, 0.25) is 5.02 Å². The summed E-state index contributed by atoms with van der Waals surface area (Å²) in [5, 5.41) is 50.6. The monoisotopic (exact) mass is 756 g/mol. The highest BCUT2D eigenvalue weighted by Crippen LogP contribution is 2.53. The van der Waals surface area contributed by atoms with Gasteiger partial charge in [0, 0.05) is 59.7 Å². The number of aliphatic hydroxyl groups excluding tert-OH is 5. The topological polar surface area (TPSA) is 162 Å². The Morgan fingerprint density at radius 1 is 1.02 bits per heavy atom. The van der Waals surface area contributed by atoms with E-state index in [1.165, 1.54) is 4.90 Å². The van der Waals surface area contributed by atoms with Crippen molar-refractivity contribution in [3.63, 3.8) is 0 Å². The molecule has 3 aromatic rings. The van der Waals surface area contributed by atoms with Crippen molar-refractivity contribution in [1.82, 2.24) is 9.88 Å². The lowest BCUT2D eigenvalue weighted by Crippen LogP contribution is -2.53. The first-order chi connectivity index (χ1) is 25.2. The highest BCUT2D eigenvalue weighted by atomic mass is 35.5. The average Bonchev–Trinajstić information content (AvgIpc) is 4.13. The molecule has 2 saturated carbocycles. The number of rotatable bonds is 19. The van der Waals surface area contributed by atoms with Gasteiger partial charge < -0.3 is 44.6 Å². The Labute approximate surface area is 313 Å². The lowest BCUT2D eigenvalue weighted by atomic mass is 9.96. The van der Waals surface area contributed by atoms with Crippen molar-refractivity contribution in [2.45, 2.75) is 92.6 Å². The smallest absolute Gasteiger partial charge is 0.254 e. The Morgan fingerprint density at radius 3 is 2.52 bits per heavy atom. The minimum atomic E-state index is -1.95. The molecule has 0 spiro atoms. The molecular formula is C39H49ClN2O9S. The Balaban J connectivity index is 1.07. The molecule has 11 nitrogen and oxygen atoms in total. The van der Waals surface area contributed by atoms with Gasteiger partial charge in [0.2, 0.25) is 0 Å². The third-order valence-corrected chi connectivity index (χ3v) is 11.5. The van der Waals surface area contributed by atoms with E-state index >= 15 is 0 Å². The second-order valence-corrected chi connectivity index (χ2v) is 15.6. The molecule has 2 heterocycles. The summed E-state index contributed by atoms with van der Waals surface area (Å²) >= 11 is 8.28. The van der Waals surface area contributed by atoms with Crippen molar-refractivity contribution in [2.75, 3.05) is 38.7 Å². The van der Waals surface area contributed by atoms with Crippen LogP contribution in [0.25, 0.3) is 11.1 Å². The number of carbonyl (C=O) groups is 1. The molecule has 1 aromatic heterocycles. The number of nitrogens with zero attached hydrogens (tertiary/aromatic N) is 2. The summed E-state index contributed by atoms with van der Waals surface area (Å²) in [6.07, 6.45) is 2.56. The van der Waals surface area contributed by atoms with Crippen molar-refractivity contribution in [3.8, 4) is 16.9 Å². The summed E-state index contributed by atoms with van der Waals surface area (Å²) in [5.41, 5.74) is 3.55. The predicted molar refractivity (Wildman–Crippen MR) is 197 cm³/mol. The van der Waals surface area contributed by atoms with Gasteiger partial charge in [-0.3, -0.25) is 9.78 Å². The van der Waals surface area contributed by atoms with Crippen LogP contribution in [-0.2, 0) is 26.5 Å². The fraction of sp³-hybridized carbons (Fsp3) is 0.538. The van der Waals surface area contributed by atoms with E-state index in [0.717, 1.165) is 71.4 Å². The summed E-state index contributed by atoms with van der Waals surface area (Å²) in [4.78, 5) is 20.3. The number of para-hydroxylation sites is 1. The second kappa shape index (κ2) is 18.0. The molecule has 1 amide bonds. The van der Waals surface area contributed by atoms with Gasteiger partial charge in [-0.15, -0.1) is 11.8 Å². The van der Waals surface area contributed by atoms with Crippen molar-refractivity contribution in [1.29, 1.82) is 0 Å². The number of halogens is 1. The van der Waals surface area contributed by atoms with Gasteiger partial charge in [0.1, 0.15) is 24.1 Å². The van der Waals surface area contributed by atoms with E-state index in [1.54, 1.807) is 18.0 Å². The normalized spacial score (nSPS) is 19.4. The minimum absolute atomic E-state index is 0.171. The molecule has 13 heteroatoms. The van der Waals surface area contributed by atoms with E-state index in [2.05, 4.69) is 11.1 Å². The quantitative estimate of drug-likeness (QED) is 0.0875. The zero-order chi connectivity index (χ0) is 36.7. The highest BCUT2D eigenvalue weighted by molar-refractivity contribution is 7.99. The first-order valence-corrected chi connectivity index (χ1v) is 19.5. The maximum absolute atomic E-state index is 13.3. The molecule has 0 radical (unpaired) electrons. The molecule has 2 aromatic carbocycles. The molecule has 4 atom stereocenters. The van der Waals surface area contributed by atoms with Gasteiger partial charge in [0.15, 0.2) is 6.10 Å². The molecule has 5 N–H and O–H groups in total. The lowest BCUT2D eigenvalue weighted by molar-refractivity contribution is -0.159. The van der Waals surface area contributed by atoms with Crippen LogP contribution in [0.4, 0.5) is 0 Å². The molecule has 1 saturated heterocycles.